The van der Waals surface area contributed by atoms with Crippen molar-refractivity contribution in [2.24, 2.45) is 0 Å². The fourth-order valence-electron chi connectivity index (χ4n) is 3.84. The number of amides is 1. The van der Waals surface area contributed by atoms with Crippen molar-refractivity contribution >= 4 is 17.2 Å². The molecule has 3 aromatic carbocycles. The lowest BCUT2D eigenvalue weighted by molar-refractivity contribution is -0.116. The molecule has 2 aromatic heterocycles. The number of benzene rings is 3. The van der Waals surface area contributed by atoms with E-state index in [0.717, 1.165) is 33.7 Å². The number of carbonyl (C=O) groups is 1. The quantitative estimate of drug-likeness (QED) is 0.400. The van der Waals surface area contributed by atoms with Gasteiger partial charge in [-0.1, -0.05) is 72.8 Å². The molecule has 0 fully saturated rings. The van der Waals surface area contributed by atoms with Crippen molar-refractivity contribution < 1.29 is 9.53 Å². The van der Waals surface area contributed by atoms with Crippen LogP contribution in [0.1, 0.15) is 17.0 Å². The Morgan fingerprint density at radius 1 is 0.848 bits per heavy atom. The Morgan fingerprint density at radius 3 is 2.09 bits per heavy atom. The predicted molar refractivity (Wildman–Crippen MR) is 128 cm³/mol. The zero-order valence-electron chi connectivity index (χ0n) is 18.1. The fourth-order valence-corrected chi connectivity index (χ4v) is 3.84. The van der Waals surface area contributed by atoms with E-state index in [1.807, 2.05) is 97.2 Å². The fraction of sp³-hybridized carbons (Fsp3) is 0.0741. The molecule has 33 heavy (non-hydrogen) atoms. The number of methoxy groups -OCH3 is 1. The zero-order valence-corrected chi connectivity index (χ0v) is 18.1. The van der Waals surface area contributed by atoms with Gasteiger partial charge >= 0.3 is 0 Å². The molecule has 2 heterocycles. The maximum atomic E-state index is 13.3. The van der Waals surface area contributed by atoms with Crippen LogP contribution in [-0.4, -0.2) is 27.6 Å². The molecule has 0 spiro atoms. The Balaban J connectivity index is 1.38. The Kier molecular flexibility index (Phi) is 5.55. The summed E-state index contributed by atoms with van der Waals surface area (Å²) in [6, 6.07) is 30.9. The molecule has 0 unspecified atom stereocenters. The molecule has 0 saturated heterocycles. The summed E-state index contributed by atoms with van der Waals surface area (Å²) in [5.74, 6) is 0.0478. The number of fused-ring (bicyclic) bond motifs is 1. The Labute approximate surface area is 191 Å². The van der Waals surface area contributed by atoms with Crippen LogP contribution in [0, 0.1) is 0 Å². The zero-order chi connectivity index (χ0) is 22.6. The van der Waals surface area contributed by atoms with E-state index in [-0.39, 0.29) is 5.91 Å². The van der Waals surface area contributed by atoms with E-state index in [9.17, 15) is 4.79 Å². The SMILES string of the molecule is COc1ccc2nc(-c3ccc(NC(=O)C(c4ccccc4)c4ccccc4)cc3)cn2n1. The highest BCUT2D eigenvalue weighted by Gasteiger charge is 2.22. The Hall–Kier alpha value is -4.45. The van der Waals surface area contributed by atoms with Crippen molar-refractivity contribution in [1.82, 2.24) is 14.6 Å². The second kappa shape index (κ2) is 8.96. The number of ether oxygens (including phenoxy) is 1. The Bertz CT molecular complexity index is 1340. The number of rotatable bonds is 6. The van der Waals surface area contributed by atoms with Crippen LogP contribution >= 0.6 is 0 Å². The smallest absolute Gasteiger partial charge is 0.236 e. The van der Waals surface area contributed by atoms with Crippen LogP contribution in [0.4, 0.5) is 5.69 Å². The molecule has 5 aromatic rings. The lowest BCUT2D eigenvalue weighted by atomic mass is 9.90. The van der Waals surface area contributed by atoms with Crippen LogP contribution in [-0.2, 0) is 4.79 Å². The van der Waals surface area contributed by atoms with E-state index >= 15 is 0 Å². The summed E-state index contributed by atoms with van der Waals surface area (Å²) in [6.07, 6.45) is 1.85. The third-order valence-corrected chi connectivity index (χ3v) is 5.48. The highest BCUT2D eigenvalue weighted by Crippen LogP contribution is 2.27. The van der Waals surface area contributed by atoms with Gasteiger partial charge in [-0.3, -0.25) is 4.79 Å². The standard InChI is InChI=1S/C27H22N4O2/c1-33-25-17-16-24-29-23(18-31(24)30-25)19-12-14-22(15-13-19)28-27(32)26(20-8-4-2-5-9-20)21-10-6-3-7-11-21/h2-18,26H,1H3,(H,28,32). The van der Waals surface area contributed by atoms with Gasteiger partial charge in [0.1, 0.15) is 0 Å². The minimum atomic E-state index is -0.397. The van der Waals surface area contributed by atoms with Gasteiger partial charge in [0.2, 0.25) is 11.8 Å². The van der Waals surface area contributed by atoms with Crippen molar-refractivity contribution in [2.45, 2.75) is 5.92 Å². The first kappa shape index (κ1) is 20.5. The van der Waals surface area contributed by atoms with Crippen LogP contribution in [0.15, 0.2) is 103 Å². The summed E-state index contributed by atoms with van der Waals surface area (Å²) < 4.78 is 6.86. The molecule has 1 amide bonds. The minimum absolute atomic E-state index is 0.0795. The van der Waals surface area contributed by atoms with E-state index in [4.69, 9.17) is 4.74 Å². The number of nitrogens with zero attached hydrogens (tertiary/aromatic N) is 3. The van der Waals surface area contributed by atoms with Gasteiger partial charge in [0.25, 0.3) is 0 Å². The van der Waals surface area contributed by atoms with Gasteiger partial charge in [0, 0.05) is 17.3 Å². The molecule has 1 N–H and O–H groups in total. The van der Waals surface area contributed by atoms with Gasteiger partial charge in [0.15, 0.2) is 5.65 Å². The molecule has 0 aliphatic heterocycles. The minimum Gasteiger partial charge on any atom is -0.480 e. The van der Waals surface area contributed by atoms with Crippen LogP contribution in [0.25, 0.3) is 16.9 Å². The maximum Gasteiger partial charge on any atom is 0.236 e. The summed E-state index contributed by atoms with van der Waals surface area (Å²) in [6.45, 7) is 0. The van der Waals surface area contributed by atoms with E-state index in [0.29, 0.717) is 5.88 Å². The molecule has 0 bridgehead atoms. The number of hydrogen-bond acceptors (Lipinski definition) is 4. The third kappa shape index (κ3) is 4.32. The number of hydrogen-bond donors (Lipinski definition) is 1. The highest BCUT2D eigenvalue weighted by atomic mass is 16.5. The van der Waals surface area contributed by atoms with Crippen molar-refractivity contribution in [1.29, 1.82) is 0 Å². The molecule has 5 rings (SSSR count). The van der Waals surface area contributed by atoms with Gasteiger partial charge in [-0.15, -0.1) is 5.10 Å². The van der Waals surface area contributed by atoms with Crippen LogP contribution in [0.2, 0.25) is 0 Å². The van der Waals surface area contributed by atoms with E-state index in [2.05, 4.69) is 15.4 Å². The molecule has 6 heteroatoms. The van der Waals surface area contributed by atoms with Crippen molar-refractivity contribution in [3.63, 3.8) is 0 Å². The lowest BCUT2D eigenvalue weighted by Crippen LogP contribution is -2.22. The maximum absolute atomic E-state index is 13.3. The first-order valence-corrected chi connectivity index (χ1v) is 10.6. The Morgan fingerprint density at radius 2 is 1.48 bits per heavy atom. The molecule has 0 atom stereocenters. The number of anilines is 1. The van der Waals surface area contributed by atoms with E-state index < -0.39 is 5.92 Å². The summed E-state index contributed by atoms with van der Waals surface area (Å²) in [4.78, 5) is 17.9. The summed E-state index contributed by atoms with van der Waals surface area (Å²) in [5, 5.41) is 7.41. The largest absolute Gasteiger partial charge is 0.480 e. The number of nitrogens with one attached hydrogen (secondary N) is 1. The van der Waals surface area contributed by atoms with E-state index in [1.165, 1.54) is 0 Å². The summed E-state index contributed by atoms with van der Waals surface area (Å²) >= 11 is 0. The van der Waals surface area contributed by atoms with Gasteiger partial charge in [0.05, 0.1) is 24.9 Å². The third-order valence-electron chi connectivity index (χ3n) is 5.48. The second-order valence-corrected chi connectivity index (χ2v) is 7.63. The molecule has 0 saturated carbocycles. The molecule has 0 aliphatic carbocycles. The van der Waals surface area contributed by atoms with Gasteiger partial charge in [-0.25, -0.2) is 9.50 Å². The topological polar surface area (TPSA) is 68.5 Å². The lowest BCUT2D eigenvalue weighted by Gasteiger charge is -2.18. The first-order chi connectivity index (χ1) is 16.2. The molecule has 0 aliphatic rings. The predicted octanol–water partition coefficient (Wildman–Crippen LogP) is 5.18. The van der Waals surface area contributed by atoms with Gasteiger partial charge < -0.3 is 10.1 Å². The van der Waals surface area contributed by atoms with Crippen LogP contribution in [0.5, 0.6) is 5.88 Å². The normalized spacial score (nSPS) is 11.0. The first-order valence-electron chi connectivity index (χ1n) is 10.6. The van der Waals surface area contributed by atoms with Crippen molar-refractivity contribution in [3.05, 3.63) is 114 Å². The highest BCUT2D eigenvalue weighted by molar-refractivity contribution is 5.98. The van der Waals surface area contributed by atoms with Gasteiger partial charge in [-0.05, 0) is 29.3 Å². The van der Waals surface area contributed by atoms with Crippen molar-refractivity contribution in [2.75, 3.05) is 12.4 Å². The number of carbonyl (C=O) groups excluding carboxylic acids is 1. The van der Waals surface area contributed by atoms with Gasteiger partial charge in [-0.2, -0.15) is 0 Å². The monoisotopic (exact) mass is 434 g/mol. The molecular weight excluding hydrogens is 412 g/mol. The summed E-state index contributed by atoms with van der Waals surface area (Å²) in [5.41, 5.74) is 5.08. The average Bonchev–Trinajstić information content (AvgIpc) is 3.29. The van der Waals surface area contributed by atoms with Crippen molar-refractivity contribution in [3.8, 4) is 17.1 Å². The number of imidazole rings is 1. The molecule has 6 nitrogen and oxygen atoms in total. The average molecular weight is 434 g/mol. The number of aromatic nitrogens is 3. The van der Waals surface area contributed by atoms with Crippen LogP contribution < -0.4 is 10.1 Å². The second-order valence-electron chi connectivity index (χ2n) is 7.63. The molecule has 162 valence electrons. The summed E-state index contributed by atoms with van der Waals surface area (Å²) in [7, 11) is 1.58. The molecule has 0 radical (unpaired) electrons. The molecular formula is C27H22N4O2. The van der Waals surface area contributed by atoms with E-state index in [1.54, 1.807) is 17.7 Å². The van der Waals surface area contributed by atoms with Crippen LogP contribution in [0.3, 0.4) is 0 Å².